The zero-order chi connectivity index (χ0) is 20.7. The second-order valence-corrected chi connectivity index (χ2v) is 11.5. The van der Waals surface area contributed by atoms with Gasteiger partial charge in [-0.2, -0.15) is 4.80 Å². The predicted molar refractivity (Wildman–Crippen MR) is 111 cm³/mol. The third-order valence-corrected chi connectivity index (χ3v) is 10.8. The fourth-order valence-corrected chi connectivity index (χ4v) is 9.66. The Kier molecular flexibility index (Phi) is 4.27. The van der Waals surface area contributed by atoms with Crippen molar-refractivity contribution < 1.29 is 9.90 Å². The number of carbonyl (C=O) groups is 1. The van der Waals surface area contributed by atoms with Gasteiger partial charge in [-0.25, -0.2) is 0 Å². The summed E-state index contributed by atoms with van der Waals surface area (Å²) >= 11 is 0. The molecule has 1 aromatic rings. The number of hydrogen-bond acceptors (Lipinski definition) is 5. The van der Waals surface area contributed by atoms with E-state index < -0.39 is 0 Å². The van der Waals surface area contributed by atoms with E-state index >= 15 is 0 Å². The maximum absolute atomic E-state index is 13.2. The van der Waals surface area contributed by atoms with Crippen molar-refractivity contribution in [1.82, 2.24) is 20.2 Å². The third kappa shape index (κ3) is 2.52. The highest BCUT2D eigenvalue weighted by molar-refractivity contribution is 5.81. The van der Waals surface area contributed by atoms with Crippen LogP contribution in [0.4, 0.5) is 0 Å². The number of fused-ring (bicyclic) bond motifs is 7. The lowest BCUT2D eigenvalue weighted by molar-refractivity contribution is -0.132. The summed E-state index contributed by atoms with van der Waals surface area (Å²) in [6.45, 7) is 4.94. The largest absolute Gasteiger partial charge is 0.389 e. The number of hydrogen-bond donors (Lipinski definition) is 1. The van der Waals surface area contributed by atoms with Crippen molar-refractivity contribution in [3.05, 3.63) is 6.33 Å². The second-order valence-electron chi connectivity index (χ2n) is 11.5. The minimum Gasteiger partial charge on any atom is -0.389 e. The summed E-state index contributed by atoms with van der Waals surface area (Å²) in [4.78, 5) is 14.6. The van der Waals surface area contributed by atoms with Gasteiger partial charge in [-0.1, -0.05) is 20.3 Å². The molecule has 6 heteroatoms. The number of Topliss-reactive ketones (excluding diaryl/α,β-unsaturated/α-hetero) is 1. The molecule has 0 spiro atoms. The number of aromatic nitrogens is 4. The van der Waals surface area contributed by atoms with E-state index in [0.717, 1.165) is 42.9 Å². The topological polar surface area (TPSA) is 80.9 Å². The molecule has 0 saturated heterocycles. The van der Waals surface area contributed by atoms with Gasteiger partial charge in [-0.05, 0) is 103 Å². The van der Waals surface area contributed by atoms with Gasteiger partial charge in [0.25, 0.3) is 0 Å². The highest BCUT2D eigenvalue weighted by Gasteiger charge is 2.70. The Bertz CT molecular complexity index is 827. The SMILES string of the molecule is CCC1C2[C@@H]3CC[C@@H]4[C@H](CC[C@]5(C)[C@@H](C(=O)Cn6ncnn6)CC[C@@H]45)[C@H]3CC[C@]12O. The smallest absolute Gasteiger partial charge is 0.162 e. The minimum atomic E-state index is -0.313. The molecule has 10 atom stereocenters. The van der Waals surface area contributed by atoms with E-state index in [1.54, 1.807) is 0 Å². The van der Waals surface area contributed by atoms with Crippen molar-refractivity contribution in [2.45, 2.75) is 83.8 Å². The zero-order valence-electron chi connectivity index (χ0n) is 18.4. The highest BCUT2D eigenvalue weighted by atomic mass is 16.3. The monoisotopic (exact) mass is 412 g/mol. The first-order chi connectivity index (χ1) is 14.5. The van der Waals surface area contributed by atoms with Crippen molar-refractivity contribution in [2.75, 3.05) is 0 Å². The van der Waals surface area contributed by atoms with Crippen LogP contribution in [-0.2, 0) is 11.3 Å². The van der Waals surface area contributed by atoms with Crippen LogP contribution in [0.25, 0.3) is 0 Å². The van der Waals surface area contributed by atoms with Crippen molar-refractivity contribution in [1.29, 1.82) is 0 Å². The average molecular weight is 413 g/mol. The first kappa shape index (κ1) is 19.4. The summed E-state index contributed by atoms with van der Waals surface area (Å²) in [7, 11) is 0. The van der Waals surface area contributed by atoms with Crippen molar-refractivity contribution in [2.24, 2.45) is 52.8 Å². The Morgan fingerprint density at radius 2 is 1.83 bits per heavy atom. The number of carbonyl (C=O) groups excluding carboxylic acids is 1. The Labute approximate surface area is 179 Å². The van der Waals surface area contributed by atoms with Crippen LogP contribution in [0, 0.1) is 52.8 Å². The molecular formula is C24H36N4O2. The lowest BCUT2D eigenvalue weighted by atomic mass is 9.49. The molecule has 1 aromatic heterocycles. The van der Waals surface area contributed by atoms with E-state index in [-0.39, 0.29) is 23.5 Å². The maximum Gasteiger partial charge on any atom is 0.162 e. The van der Waals surface area contributed by atoms with Gasteiger partial charge in [0, 0.05) is 5.92 Å². The Balaban J connectivity index is 1.20. The minimum absolute atomic E-state index is 0.145. The lowest BCUT2D eigenvalue weighted by Crippen LogP contribution is -2.50. The molecule has 6 nitrogen and oxygen atoms in total. The van der Waals surface area contributed by atoms with Crippen LogP contribution in [0.3, 0.4) is 0 Å². The van der Waals surface area contributed by atoms with Gasteiger partial charge in [0.2, 0.25) is 0 Å². The molecule has 0 aliphatic heterocycles. The quantitative estimate of drug-likeness (QED) is 0.818. The number of aliphatic hydroxyl groups is 1. The van der Waals surface area contributed by atoms with Crippen molar-refractivity contribution >= 4 is 5.78 Å². The summed E-state index contributed by atoms with van der Waals surface area (Å²) in [5.74, 6) is 5.50. The van der Waals surface area contributed by atoms with E-state index in [1.807, 2.05) is 0 Å². The van der Waals surface area contributed by atoms with Crippen LogP contribution in [-0.4, -0.2) is 36.7 Å². The van der Waals surface area contributed by atoms with Crippen LogP contribution < -0.4 is 0 Å². The van der Waals surface area contributed by atoms with Gasteiger partial charge < -0.3 is 5.11 Å². The first-order valence-electron chi connectivity index (χ1n) is 12.4. The zero-order valence-corrected chi connectivity index (χ0v) is 18.4. The van der Waals surface area contributed by atoms with Crippen molar-refractivity contribution in [3.63, 3.8) is 0 Å². The number of rotatable bonds is 4. The van der Waals surface area contributed by atoms with E-state index in [1.165, 1.54) is 49.6 Å². The molecule has 2 unspecified atom stereocenters. The highest BCUT2D eigenvalue weighted by Crippen LogP contribution is 2.71. The number of ketones is 1. The van der Waals surface area contributed by atoms with Crippen LogP contribution in [0.2, 0.25) is 0 Å². The number of nitrogens with zero attached hydrogens (tertiary/aromatic N) is 4. The molecule has 5 saturated carbocycles. The fraction of sp³-hybridized carbons (Fsp3) is 0.917. The molecule has 6 rings (SSSR count). The summed E-state index contributed by atoms with van der Waals surface area (Å²) in [6.07, 6.45) is 12.2. The molecule has 1 heterocycles. The molecule has 0 radical (unpaired) electrons. The number of tetrazole rings is 1. The molecule has 0 aromatic carbocycles. The van der Waals surface area contributed by atoms with E-state index in [2.05, 4.69) is 29.3 Å². The van der Waals surface area contributed by atoms with Crippen LogP contribution in [0.5, 0.6) is 0 Å². The lowest BCUT2D eigenvalue weighted by Gasteiger charge is -2.56. The fourth-order valence-electron chi connectivity index (χ4n) is 9.66. The summed E-state index contributed by atoms with van der Waals surface area (Å²) in [5.41, 5.74) is -0.168. The normalized spacial score (nSPS) is 51.4. The Morgan fingerprint density at radius 1 is 1.07 bits per heavy atom. The van der Waals surface area contributed by atoms with Gasteiger partial charge in [-0.15, -0.1) is 10.2 Å². The predicted octanol–water partition coefficient (Wildman–Crippen LogP) is 3.51. The molecule has 164 valence electrons. The van der Waals surface area contributed by atoms with E-state index in [9.17, 15) is 9.90 Å². The van der Waals surface area contributed by atoms with Gasteiger partial charge >= 0.3 is 0 Å². The van der Waals surface area contributed by atoms with Crippen molar-refractivity contribution in [3.8, 4) is 0 Å². The average Bonchev–Trinajstić information content (AvgIpc) is 3.04. The maximum atomic E-state index is 13.2. The van der Waals surface area contributed by atoms with Gasteiger partial charge in [-0.3, -0.25) is 4.79 Å². The standard InChI is InChI=1S/C24H36N4O2/c1-3-18-22-17-5-4-16-14(15(17)9-11-24(18,22)30)8-10-23(2)19(16)6-7-20(23)21(29)12-28-26-13-25-27-28/h13-20,22,30H,3-12H2,1-2H3/t14-,15-,16-,17-,18?,19+,20-,22?,23+,24+/m1/s1. The summed E-state index contributed by atoms with van der Waals surface area (Å²) < 4.78 is 0. The summed E-state index contributed by atoms with van der Waals surface area (Å²) in [5, 5.41) is 22.8. The molecule has 0 amide bonds. The Morgan fingerprint density at radius 3 is 2.60 bits per heavy atom. The molecule has 0 bridgehead atoms. The molecule has 5 aliphatic rings. The van der Waals surface area contributed by atoms with Crippen LogP contribution in [0.15, 0.2) is 6.33 Å². The molecule has 30 heavy (non-hydrogen) atoms. The molecule has 5 aliphatic carbocycles. The van der Waals surface area contributed by atoms with E-state index in [4.69, 9.17) is 0 Å². The molecular weight excluding hydrogens is 376 g/mol. The summed E-state index contributed by atoms with van der Waals surface area (Å²) in [6, 6.07) is 0. The third-order valence-electron chi connectivity index (χ3n) is 10.8. The molecule has 1 N–H and O–H groups in total. The van der Waals surface area contributed by atoms with E-state index in [0.29, 0.717) is 23.5 Å². The van der Waals surface area contributed by atoms with Gasteiger partial charge in [0.1, 0.15) is 6.54 Å². The Hall–Kier alpha value is -1.30. The van der Waals surface area contributed by atoms with Gasteiger partial charge in [0.15, 0.2) is 12.1 Å². The van der Waals surface area contributed by atoms with Gasteiger partial charge in [0.05, 0.1) is 5.60 Å². The first-order valence-corrected chi connectivity index (χ1v) is 12.4. The van der Waals surface area contributed by atoms with Crippen LogP contribution in [0.1, 0.15) is 71.6 Å². The molecule has 5 fully saturated rings. The second kappa shape index (κ2) is 6.60. The van der Waals surface area contributed by atoms with Crippen LogP contribution >= 0.6 is 0 Å².